The van der Waals surface area contributed by atoms with Crippen molar-refractivity contribution < 1.29 is 57.7 Å². The van der Waals surface area contributed by atoms with Crippen LogP contribution in [-0.2, 0) is 13.7 Å². The Hall–Kier alpha value is 2.85. The normalized spacial score (nSPS) is 10.4. The molecule has 0 aromatic heterocycles. The number of hydrogen-bond acceptors (Lipinski definition) is 7. The predicted molar refractivity (Wildman–Crippen MR) is 45.4 cm³/mol. The molecule has 0 amide bonds. The summed E-state index contributed by atoms with van der Waals surface area (Å²) in [6, 6.07) is 0. The fourth-order valence-corrected chi connectivity index (χ4v) is 0. The van der Waals surface area contributed by atoms with Gasteiger partial charge in [0.2, 0.25) is 0 Å². The van der Waals surface area contributed by atoms with Crippen molar-refractivity contribution in [3.8, 4) is 0 Å². The van der Waals surface area contributed by atoms with Crippen molar-refractivity contribution in [2.45, 2.75) is 0 Å². The first-order chi connectivity index (χ1) is 6.00. The second-order valence-corrected chi connectivity index (χ2v) is 4.35. The van der Waals surface area contributed by atoms with Gasteiger partial charge in [-0.05, 0) is 0 Å². The summed E-state index contributed by atoms with van der Waals surface area (Å²) in [5.74, 6) is 0. The van der Waals surface area contributed by atoms with E-state index in [9.17, 15) is 0 Å². The van der Waals surface area contributed by atoms with E-state index in [-0.39, 0.29) is 75.5 Å². The number of rotatable bonds is 0. The van der Waals surface area contributed by atoms with E-state index in [2.05, 4.69) is 0 Å². The minimum absolute atomic E-state index is 0. The van der Waals surface area contributed by atoms with E-state index in [0.29, 0.717) is 0 Å². The third-order valence-corrected chi connectivity index (χ3v) is 0. The van der Waals surface area contributed by atoms with Crippen molar-refractivity contribution >= 4 is 98.9 Å². The zero-order chi connectivity index (χ0) is 13.5. The molecular formula is H5Ca2O12P3. The summed E-state index contributed by atoms with van der Waals surface area (Å²) >= 11 is 0. The molecule has 0 radical (unpaired) electrons. The van der Waals surface area contributed by atoms with E-state index in [1.807, 2.05) is 0 Å². The Morgan fingerprint density at radius 1 is 0.588 bits per heavy atom. The van der Waals surface area contributed by atoms with Crippen molar-refractivity contribution in [2.75, 3.05) is 0 Å². The summed E-state index contributed by atoms with van der Waals surface area (Å²) < 4.78 is 26.2. The van der Waals surface area contributed by atoms with Gasteiger partial charge in [-0.15, -0.1) is 0 Å². The third kappa shape index (κ3) is 659. The Kier molecular flexibility index (Phi) is 26.0. The minimum Gasteiger partial charge on any atom is -0.790 e. The van der Waals surface area contributed by atoms with Crippen LogP contribution < -0.4 is 19.6 Å². The Morgan fingerprint density at radius 2 is 0.588 bits per heavy atom. The van der Waals surface area contributed by atoms with Gasteiger partial charge >= 0.3 is 83.3 Å². The second-order valence-electron chi connectivity index (χ2n) is 1.45. The standard InChI is InChI=1S/2Ca.3H3O4P/c;;3*1-5(2,3)4/h;;3*(H3,1,2,3,4)/q2*+2;;;/p-4. The maximum atomic E-state index is 8.88. The Labute approximate surface area is 154 Å². The zero-order valence-corrected chi connectivity index (χ0v) is 14.9. The first-order valence-corrected chi connectivity index (χ1v) is 6.83. The molecular weight excluding hydrogens is 365 g/mol. The number of hydrogen-bond donors (Lipinski definition) is 5. The molecule has 0 unspecified atom stereocenters. The Balaban J connectivity index is -0.0000000400. The molecule has 0 aliphatic carbocycles. The molecule has 0 aromatic rings. The van der Waals surface area contributed by atoms with Gasteiger partial charge in [0, 0.05) is 0 Å². The van der Waals surface area contributed by atoms with Gasteiger partial charge in [0.15, 0.2) is 0 Å². The topological polar surface area (TPSA) is 245 Å². The molecule has 0 aliphatic rings. The fraction of sp³-hybridized carbons (Fsp3) is 0. The summed E-state index contributed by atoms with van der Waals surface area (Å²) in [7, 11) is -14.9. The molecule has 0 bridgehead atoms. The molecule has 96 valence electrons. The van der Waals surface area contributed by atoms with Gasteiger partial charge in [-0.3, -0.25) is 0 Å². The van der Waals surface area contributed by atoms with Crippen LogP contribution in [0.25, 0.3) is 0 Å². The van der Waals surface area contributed by atoms with Gasteiger partial charge in [-0.1, -0.05) is 0 Å². The summed E-state index contributed by atoms with van der Waals surface area (Å²) in [6.45, 7) is 0. The SMILES string of the molecule is O=P(O)(O)O.O=P([O-])([O-])O.O=P([O-])([O-])O.[Ca+2].[Ca+2]. The van der Waals surface area contributed by atoms with Crippen LogP contribution in [0.1, 0.15) is 0 Å². The molecule has 0 aromatic carbocycles. The molecule has 17 heteroatoms. The maximum absolute atomic E-state index is 8.88. The van der Waals surface area contributed by atoms with E-state index in [4.69, 9.17) is 57.7 Å². The maximum Gasteiger partial charge on any atom is 2.00 e. The van der Waals surface area contributed by atoms with Gasteiger partial charge in [0.25, 0.3) is 0 Å². The number of phosphoric acid groups is 3. The summed E-state index contributed by atoms with van der Waals surface area (Å²) in [4.78, 5) is 70.1. The smallest absolute Gasteiger partial charge is 0.790 e. The Morgan fingerprint density at radius 3 is 0.588 bits per heavy atom. The molecule has 0 fully saturated rings. The average molecular weight is 370 g/mol. The van der Waals surface area contributed by atoms with Crippen molar-refractivity contribution in [1.29, 1.82) is 0 Å². The van der Waals surface area contributed by atoms with Crippen LogP contribution >= 0.6 is 23.5 Å². The first kappa shape index (κ1) is 32.0. The molecule has 0 rings (SSSR count). The Bertz CT molecular complexity index is 206. The first-order valence-electron chi connectivity index (χ1n) is 2.28. The second kappa shape index (κ2) is 13.8. The van der Waals surface area contributed by atoms with E-state index in [1.54, 1.807) is 0 Å². The fourth-order valence-electron chi connectivity index (χ4n) is 0. The molecule has 0 heterocycles. The van der Waals surface area contributed by atoms with Crippen molar-refractivity contribution in [1.82, 2.24) is 0 Å². The van der Waals surface area contributed by atoms with Crippen molar-refractivity contribution in [3.05, 3.63) is 0 Å². The quantitative estimate of drug-likeness (QED) is 0.197. The zero-order valence-electron chi connectivity index (χ0n) is 7.85. The van der Waals surface area contributed by atoms with Crippen LogP contribution in [0.15, 0.2) is 0 Å². The van der Waals surface area contributed by atoms with Gasteiger partial charge in [0.1, 0.15) is 0 Å². The van der Waals surface area contributed by atoms with Gasteiger partial charge in [0.05, 0.1) is 15.6 Å². The molecule has 0 saturated carbocycles. The van der Waals surface area contributed by atoms with Crippen LogP contribution in [0.5, 0.6) is 0 Å². The molecule has 0 atom stereocenters. The van der Waals surface area contributed by atoms with E-state index >= 15 is 0 Å². The minimum atomic E-state index is -5.14. The molecule has 0 aliphatic heterocycles. The molecule has 17 heavy (non-hydrogen) atoms. The third-order valence-electron chi connectivity index (χ3n) is 0. The van der Waals surface area contributed by atoms with Gasteiger partial charge in [-0.25, -0.2) is 4.57 Å². The molecule has 0 saturated heterocycles. The van der Waals surface area contributed by atoms with Crippen LogP contribution in [0.4, 0.5) is 0 Å². The monoisotopic (exact) mass is 370 g/mol. The summed E-state index contributed by atoms with van der Waals surface area (Å²) in [6.07, 6.45) is 0. The van der Waals surface area contributed by atoms with E-state index in [1.165, 1.54) is 0 Å². The van der Waals surface area contributed by atoms with Crippen LogP contribution in [0.2, 0.25) is 0 Å². The van der Waals surface area contributed by atoms with Gasteiger partial charge in [-0.2, -0.15) is 0 Å². The average Bonchev–Trinajstić information content (AvgIpc) is 1.41. The van der Waals surface area contributed by atoms with Crippen LogP contribution in [-0.4, -0.2) is 99.9 Å². The van der Waals surface area contributed by atoms with Crippen LogP contribution in [0.3, 0.4) is 0 Å². The van der Waals surface area contributed by atoms with E-state index < -0.39 is 23.5 Å². The van der Waals surface area contributed by atoms with E-state index in [0.717, 1.165) is 0 Å². The molecule has 12 nitrogen and oxygen atoms in total. The molecule has 5 N–H and O–H groups in total. The largest absolute Gasteiger partial charge is 2.00 e. The van der Waals surface area contributed by atoms with Crippen LogP contribution in [0, 0.1) is 0 Å². The van der Waals surface area contributed by atoms with Gasteiger partial charge < -0.3 is 53.2 Å². The van der Waals surface area contributed by atoms with Crippen molar-refractivity contribution in [2.24, 2.45) is 0 Å². The molecule has 0 spiro atoms. The summed E-state index contributed by atoms with van der Waals surface area (Å²) in [5.41, 5.74) is 0. The van der Waals surface area contributed by atoms with Crippen molar-refractivity contribution in [3.63, 3.8) is 0 Å². The summed E-state index contributed by atoms with van der Waals surface area (Å²) in [5, 5.41) is 0. The predicted octanol–water partition coefficient (Wildman–Crippen LogP) is -6.08.